The van der Waals surface area contributed by atoms with E-state index in [1.807, 2.05) is 0 Å². The van der Waals surface area contributed by atoms with E-state index >= 15 is 0 Å². The molecule has 0 aromatic carbocycles. The SMILES string of the molecule is O=[N+]([O-])C(F)(C(O)O)[N+](=O)[O-]. The van der Waals surface area contributed by atoms with E-state index in [1.165, 1.54) is 0 Å². The summed E-state index contributed by atoms with van der Waals surface area (Å²) in [6.45, 7) is 0. The summed E-state index contributed by atoms with van der Waals surface area (Å²) in [7, 11) is 0. The van der Waals surface area contributed by atoms with Gasteiger partial charge in [-0.05, 0) is 0 Å². The summed E-state index contributed by atoms with van der Waals surface area (Å²) in [5, 5.41) is 35.0. The summed E-state index contributed by atoms with van der Waals surface area (Å²) in [6.07, 6.45) is -3.28. The van der Waals surface area contributed by atoms with Gasteiger partial charge in [-0.15, -0.1) is 0 Å². The molecule has 0 aromatic rings. The Labute approximate surface area is 58.2 Å². The lowest BCUT2D eigenvalue weighted by atomic mass is 10.5. The second-order valence-corrected chi connectivity index (χ2v) is 1.52. The highest BCUT2D eigenvalue weighted by atomic mass is 19.2. The van der Waals surface area contributed by atoms with Gasteiger partial charge in [0.2, 0.25) is 0 Å². The number of alkyl halides is 1. The maximum atomic E-state index is 12.3. The number of rotatable bonds is 3. The van der Waals surface area contributed by atoms with Gasteiger partial charge in [0.05, 0.1) is 0 Å². The predicted octanol–water partition coefficient (Wildman–Crippen LogP) is -1.53. The number of hydrogen-bond acceptors (Lipinski definition) is 6. The second kappa shape index (κ2) is 2.72. The summed E-state index contributed by atoms with van der Waals surface area (Å²) >= 11 is 0. The maximum absolute atomic E-state index is 12.3. The van der Waals surface area contributed by atoms with Crippen molar-refractivity contribution in [2.24, 2.45) is 0 Å². The van der Waals surface area contributed by atoms with Crippen molar-refractivity contribution in [3.8, 4) is 0 Å². The number of nitro groups is 2. The van der Waals surface area contributed by atoms with Gasteiger partial charge in [-0.3, -0.25) is 20.2 Å². The third-order valence-electron chi connectivity index (χ3n) is 0.841. The first kappa shape index (κ1) is 9.65. The first-order chi connectivity index (χ1) is 4.83. The van der Waals surface area contributed by atoms with Crippen LogP contribution in [0.25, 0.3) is 0 Å². The lowest BCUT2D eigenvalue weighted by molar-refractivity contribution is -0.849. The molecule has 0 saturated carbocycles. The monoisotopic (exact) mass is 170 g/mol. The van der Waals surface area contributed by atoms with Gasteiger partial charge in [0, 0.05) is 0 Å². The molecule has 0 spiro atoms. The number of halogens is 1. The van der Waals surface area contributed by atoms with E-state index in [2.05, 4.69) is 0 Å². The van der Waals surface area contributed by atoms with Crippen LogP contribution < -0.4 is 0 Å². The number of aliphatic hydroxyl groups excluding tert-OH is 1. The van der Waals surface area contributed by atoms with Crippen LogP contribution in [-0.2, 0) is 0 Å². The predicted molar refractivity (Wildman–Crippen MR) is 26.1 cm³/mol. The minimum atomic E-state index is -4.44. The Kier molecular flexibility index (Phi) is 2.38. The summed E-state index contributed by atoms with van der Waals surface area (Å²) in [5.41, 5.74) is 0. The Morgan fingerprint density at radius 1 is 1.27 bits per heavy atom. The van der Waals surface area contributed by atoms with Crippen LogP contribution in [0.4, 0.5) is 4.39 Å². The van der Waals surface area contributed by atoms with Gasteiger partial charge in [-0.2, -0.15) is 0 Å². The molecule has 0 amide bonds. The van der Waals surface area contributed by atoms with Gasteiger partial charge in [0.25, 0.3) is 0 Å². The first-order valence-corrected chi connectivity index (χ1v) is 2.17. The van der Waals surface area contributed by atoms with Gasteiger partial charge in [-0.1, -0.05) is 4.39 Å². The molecule has 9 heteroatoms. The lowest BCUT2D eigenvalue weighted by Gasteiger charge is -2.07. The van der Waals surface area contributed by atoms with Crippen molar-refractivity contribution in [3.63, 3.8) is 0 Å². The Hall–Kier alpha value is -1.35. The highest BCUT2D eigenvalue weighted by Crippen LogP contribution is 2.15. The molecule has 2 N–H and O–H groups in total. The van der Waals surface area contributed by atoms with Gasteiger partial charge >= 0.3 is 12.2 Å². The Bertz CT molecular complexity index is 177. The Morgan fingerprint density at radius 2 is 1.55 bits per heavy atom. The van der Waals surface area contributed by atoms with E-state index in [4.69, 9.17) is 10.2 Å². The molecule has 0 aliphatic heterocycles. The van der Waals surface area contributed by atoms with Crippen molar-refractivity contribution < 1.29 is 24.5 Å². The van der Waals surface area contributed by atoms with Crippen LogP contribution in [0.5, 0.6) is 0 Å². The van der Waals surface area contributed by atoms with Crippen molar-refractivity contribution in [1.29, 1.82) is 0 Å². The van der Waals surface area contributed by atoms with E-state index < -0.39 is 22.1 Å². The summed E-state index contributed by atoms with van der Waals surface area (Å²) in [6, 6.07) is 0. The molecule has 8 nitrogen and oxygen atoms in total. The normalized spacial score (nSPS) is 11.6. The van der Waals surface area contributed by atoms with Crippen LogP contribution in [0.1, 0.15) is 0 Å². The van der Waals surface area contributed by atoms with E-state index in [-0.39, 0.29) is 0 Å². The smallest absolute Gasteiger partial charge is 0.354 e. The molecule has 0 aliphatic rings. The van der Waals surface area contributed by atoms with Crippen LogP contribution >= 0.6 is 0 Å². The van der Waals surface area contributed by atoms with Crippen LogP contribution in [0.3, 0.4) is 0 Å². The molecule has 0 atom stereocenters. The van der Waals surface area contributed by atoms with Crippen LogP contribution in [0.15, 0.2) is 0 Å². The summed E-state index contributed by atoms with van der Waals surface area (Å²) < 4.78 is 12.3. The first-order valence-electron chi connectivity index (χ1n) is 2.17. The summed E-state index contributed by atoms with van der Waals surface area (Å²) in [4.78, 5) is 15.1. The average Bonchev–Trinajstić information content (AvgIpc) is 1.84. The Balaban J connectivity index is 4.82. The number of aliphatic hydroxyl groups is 2. The van der Waals surface area contributed by atoms with Crippen molar-refractivity contribution >= 4 is 0 Å². The van der Waals surface area contributed by atoms with E-state index in [0.717, 1.165) is 0 Å². The van der Waals surface area contributed by atoms with Crippen LogP contribution in [0, 0.1) is 20.2 Å². The number of hydrogen-bond donors (Lipinski definition) is 2. The Morgan fingerprint density at radius 3 is 1.55 bits per heavy atom. The fourth-order valence-corrected chi connectivity index (χ4v) is 0.255. The number of nitrogens with zero attached hydrogens (tertiary/aromatic N) is 2. The topological polar surface area (TPSA) is 127 Å². The molecular weight excluding hydrogens is 167 g/mol. The zero-order valence-electron chi connectivity index (χ0n) is 4.88. The highest BCUT2D eigenvalue weighted by Gasteiger charge is 2.65. The molecule has 0 heterocycles. The standard InChI is InChI=1S/C2H3FN2O6/c3-2(1(6)7,4(8)9)5(10)11/h1,6-7H. The van der Waals surface area contributed by atoms with Gasteiger partial charge in [-0.25, -0.2) is 0 Å². The average molecular weight is 170 g/mol. The molecule has 0 rings (SSSR count). The van der Waals surface area contributed by atoms with Crippen molar-refractivity contribution in [2.75, 3.05) is 0 Å². The molecule has 0 bridgehead atoms. The summed E-state index contributed by atoms with van der Waals surface area (Å²) in [5.74, 6) is -4.44. The molecule has 0 fully saturated rings. The highest BCUT2D eigenvalue weighted by molar-refractivity contribution is 4.52. The molecule has 0 saturated heterocycles. The molecule has 64 valence electrons. The van der Waals surface area contributed by atoms with Crippen LogP contribution in [-0.4, -0.2) is 32.3 Å². The van der Waals surface area contributed by atoms with Crippen LogP contribution in [0.2, 0.25) is 0 Å². The fourth-order valence-electron chi connectivity index (χ4n) is 0.255. The minimum Gasteiger partial charge on any atom is -0.354 e. The molecule has 0 aromatic heterocycles. The largest absolute Gasteiger partial charge is 0.666 e. The molecule has 11 heavy (non-hydrogen) atoms. The van der Waals surface area contributed by atoms with Crippen molar-refractivity contribution in [2.45, 2.75) is 12.2 Å². The van der Waals surface area contributed by atoms with Gasteiger partial charge < -0.3 is 10.2 Å². The van der Waals surface area contributed by atoms with Gasteiger partial charge in [0.15, 0.2) is 0 Å². The van der Waals surface area contributed by atoms with Gasteiger partial charge in [0.1, 0.15) is 9.85 Å². The van der Waals surface area contributed by atoms with E-state index in [1.54, 1.807) is 0 Å². The molecule has 0 unspecified atom stereocenters. The van der Waals surface area contributed by atoms with Crippen molar-refractivity contribution in [1.82, 2.24) is 0 Å². The minimum absolute atomic E-state index is 2.03. The van der Waals surface area contributed by atoms with E-state index in [0.29, 0.717) is 0 Å². The third kappa shape index (κ3) is 1.38. The quantitative estimate of drug-likeness (QED) is 0.229. The lowest BCUT2D eigenvalue weighted by Crippen LogP contribution is -2.51. The zero-order chi connectivity index (χ0) is 9.23. The molecular formula is C2H3FN2O6. The molecule has 0 aliphatic carbocycles. The second-order valence-electron chi connectivity index (χ2n) is 1.52. The fraction of sp³-hybridized carbons (Fsp3) is 1.00. The zero-order valence-corrected chi connectivity index (χ0v) is 4.88. The molecule has 0 radical (unpaired) electrons. The van der Waals surface area contributed by atoms with E-state index in [9.17, 15) is 24.6 Å². The third-order valence-corrected chi connectivity index (χ3v) is 0.841. The maximum Gasteiger partial charge on any atom is 0.666 e. The van der Waals surface area contributed by atoms with Crippen molar-refractivity contribution in [3.05, 3.63) is 20.2 Å².